The number of halogens is 1. The average Bonchev–Trinajstić information content (AvgIpc) is 2.87. The lowest BCUT2D eigenvalue weighted by Crippen LogP contribution is -2.54. The van der Waals surface area contributed by atoms with E-state index in [0.717, 1.165) is 38.5 Å². The van der Waals surface area contributed by atoms with Crippen molar-refractivity contribution in [2.45, 2.75) is 77.2 Å². The maximum atomic E-state index is 11.9. The van der Waals surface area contributed by atoms with Gasteiger partial charge >= 0.3 is 0 Å². The smallest absolute Gasteiger partial charge is 0.155 e. The molecule has 0 bridgehead atoms. The molecule has 0 aromatic heterocycles. The minimum absolute atomic E-state index is 0.102. The van der Waals surface area contributed by atoms with Crippen molar-refractivity contribution >= 4 is 17.4 Å². The van der Waals surface area contributed by atoms with E-state index in [-0.39, 0.29) is 10.8 Å². The fourth-order valence-corrected chi connectivity index (χ4v) is 7.13. The van der Waals surface area contributed by atoms with Crippen molar-refractivity contribution in [2.75, 3.05) is 5.88 Å². The second-order valence-electron chi connectivity index (χ2n) is 9.56. The van der Waals surface area contributed by atoms with Crippen LogP contribution in [0.25, 0.3) is 0 Å². The van der Waals surface area contributed by atoms with Crippen LogP contribution >= 0.6 is 11.6 Å². The first-order valence-electron chi connectivity index (χ1n) is 10.4. The minimum Gasteiger partial charge on any atom is -0.377 e. The summed E-state index contributed by atoms with van der Waals surface area (Å²) in [5, 5.41) is 11.4. The quantitative estimate of drug-likeness (QED) is 0.524. The topological polar surface area (TPSA) is 37.3 Å². The molecule has 0 heterocycles. The van der Waals surface area contributed by atoms with Gasteiger partial charge in [0.15, 0.2) is 5.78 Å². The van der Waals surface area contributed by atoms with Gasteiger partial charge in [-0.1, -0.05) is 31.3 Å². The van der Waals surface area contributed by atoms with E-state index in [1.165, 1.54) is 12.0 Å². The lowest BCUT2D eigenvalue weighted by Gasteiger charge is -2.58. The van der Waals surface area contributed by atoms with E-state index in [0.29, 0.717) is 42.3 Å². The first-order valence-corrected chi connectivity index (χ1v) is 10.9. The van der Waals surface area contributed by atoms with E-state index in [4.69, 9.17) is 11.6 Å². The van der Waals surface area contributed by atoms with E-state index < -0.39 is 5.60 Å². The van der Waals surface area contributed by atoms with Crippen LogP contribution in [0.4, 0.5) is 0 Å². The van der Waals surface area contributed by atoms with Gasteiger partial charge in [0.1, 0.15) is 5.60 Å². The maximum Gasteiger partial charge on any atom is 0.155 e. The number of carbonyl (C=O) groups is 1. The Hall–Kier alpha value is -0.780. The number of carbonyl (C=O) groups excluding carboxylic acids is 1. The molecule has 4 rings (SSSR count). The van der Waals surface area contributed by atoms with Crippen molar-refractivity contribution in [3.05, 3.63) is 11.6 Å². The molecule has 0 radical (unpaired) electrons. The van der Waals surface area contributed by atoms with Gasteiger partial charge in [0.05, 0.1) is 0 Å². The second kappa shape index (κ2) is 6.39. The molecule has 3 fully saturated rings. The van der Waals surface area contributed by atoms with E-state index in [1.807, 2.05) is 6.08 Å². The van der Waals surface area contributed by atoms with Gasteiger partial charge in [0.25, 0.3) is 0 Å². The summed E-state index contributed by atoms with van der Waals surface area (Å²) < 4.78 is 0. The zero-order valence-corrected chi connectivity index (χ0v) is 16.9. The molecule has 4 aliphatic carbocycles. The zero-order valence-electron chi connectivity index (χ0n) is 16.1. The molecule has 0 saturated heterocycles. The van der Waals surface area contributed by atoms with E-state index in [1.54, 1.807) is 0 Å². The summed E-state index contributed by atoms with van der Waals surface area (Å²) in [6.07, 6.45) is 10.6. The Labute approximate surface area is 162 Å². The molecule has 0 aromatic carbocycles. The van der Waals surface area contributed by atoms with Crippen LogP contribution in [0.2, 0.25) is 0 Å². The largest absolute Gasteiger partial charge is 0.377 e. The number of rotatable bonds is 1. The SMILES string of the molecule is C[C@]12CCC(=O)C=C1CCC1C2CC[C@@]2(C)C1CC[C@@]2(O)C#CCCCl. The molecule has 142 valence electrons. The molecule has 3 unspecified atom stereocenters. The minimum atomic E-state index is -0.853. The third kappa shape index (κ3) is 2.54. The number of ketones is 1. The van der Waals surface area contributed by atoms with Crippen molar-refractivity contribution in [2.24, 2.45) is 28.6 Å². The molecule has 26 heavy (non-hydrogen) atoms. The van der Waals surface area contributed by atoms with E-state index in [9.17, 15) is 9.90 Å². The highest BCUT2D eigenvalue weighted by molar-refractivity contribution is 6.18. The Balaban J connectivity index is 1.64. The van der Waals surface area contributed by atoms with E-state index in [2.05, 4.69) is 25.7 Å². The van der Waals surface area contributed by atoms with Gasteiger partial charge in [-0.2, -0.15) is 0 Å². The van der Waals surface area contributed by atoms with Crippen LogP contribution in [-0.4, -0.2) is 22.4 Å². The fraction of sp³-hybridized carbons (Fsp3) is 0.783. The van der Waals surface area contributed by atoms with Gasteiger partial charge in [0, 0.05) is 24.1 Å². The van der Waals surface area contributed by atoms with Crippen LogP contribution in [-0.2, 0) is 4.79 Å². The van der Waals surface area contributed by atoms with Crippen molar-refractivity contribution in [3.8, 4) is 11.8 Å². The second-order valence-corrected chi connectivity index (χ2v) is 9.94. The summed E-state index contributed by atoms with van der Waals surface area (Å²) in [7, 11) is 0. The number of alkyl halides is 1. The molecular formula is C23H31ClO2. The third-order valence-electron chi connectivity index (χ3n) is 8.63. The number of aliphatic hydroxyl groups is 1. The highest BCUT2D eigenvalue weighted by Crippen LogP contribution is 2.67. The van der Waals surface area contributed by atoms with Crippen LogP contribution < -0.4 is 0 Å². The molecule has 0 amide bonds. The van der Waals surface area contributed by atoms with Gasteiger partial charge in [-0.15, -0.1) is 11.6 Å². The summed E-state index contributed by atoms with van der Waals surface area (Å²) in [6.45, 7) is 4.69. The summed E-state index contributed by atoms with van der Waals surface area (Å²) >= 11 is 5.77. The molecule has 4 aliphatic rings. The Morgan fingerprint density at radius 3 is 2.69 bits per heavy atom. The van der Waals surface area contributed by atoms with Crippen LogP contribution in [0.5, 0.6) is 0 Å². The number of hydrogen-bond donors (Lipinski definition) is 1. The first-order chi connectivity index (χ1) is 12.3. The van der Waals surface area contributed by atoms with Crippen LogP contribution in [0.3, 0.4) is 0 Å². The predicted octanol–water partition coefficient (Wildman–Crippen LogP) is 4.88. The Morgan fingerprint density at radius 2 is 1.92 bits per heavy atom. The van der Waals surface area contributed by atoms with Crippen molar-refractivity contribution in [1.29, 1.82) is 0 Å². The molecule has 3 saturated carbocycles. The van der Waals surface area contributed by atoms with Gasteiger partial charge in [-0.25, -0.2) is 0 Å². The molecule has 1 N–H and O–H groups in total. The van der Waals surface area contributed by atoms with Crippen LogP contribution in [0, 0.1) is 40.4 Å². The summed E-state index contributed by atoms with van der Waals surface area (Å²) in [5.74, 6) is 9.07. The summed E-state index contributed by atoms with van der Waals surface area (Å²) in [5.41, 5.74) is 0.654. The Kier molecular flexibility index (Phi) is 4.56. The third-order valence-corrected chi connectivity index (χ3v) is 8.82. The van der Waals surface area contributed by atoms with Gasteiger partial charge in [-0.3, -0.25) is 4.79 Å². The zero-order chi connectivity index (χ0) is 18.6. The lowest BCUT2D eigenvalue weighted by atomic mass is 9.46. The van der Waals surface area contributed by atoms with Crippen molar-refractivity contribution in [1.82, 2.24) is 0 Å². The predicted molar refractivity (Wildman–Crippen MR) is 105 cm³/mol. The average molecular weight is 375 g/mol. The lowest BCUT2D eigenvalue weighted by molar-refractivity contribution is -0.119. The first kappa shape index (κ1) is 18.6. The normalized spacial score (nSPS) is 47.2. The van der Waals surface area contributed by atoms with Crippen molar-refractivity contribution < 1.29 is 9.90 Å². The molecule has 2 nitrogen and oxygen atoms in total. The standard InChI is InChI=1S/C23H31ClO2/c1-21-11-7-17(25)15-16(21)5-6-18-19(21)8-12-22(2)20(18)9-13-23(22,26)10-3-4-14-24/h15,18-20,26H,4-9,11-14H2,1-2H3/t18?,19?,20?,21-,22-,23-/m0/s1. The monoisotopic (exact) mass is 374 g/mol. The highest BCUT2D eigenvalue weighted by atomic mass is 35.5. The molecular weight excluding hydrogens is 344 g/mol. The van der Waals surface area contributed by atoms with Gasteiger partial charge in [0.2, 0.25) is 0 Å². The number of hydrogen-bond acceptors (Lipinski definition) is 2. The summed E-state index contributed by atoms with van der Waals surface area (Å²) in [6, 6.07) is 0. The number of allylic oxidation sites excluding steroid dienone is 1. The van der Waals surface area contributed by atoms with Crippen LogP contribution in [0.1, 0.15) is 71.6 Å². The molecule has 0 aromatic rings. The van der Waals surface area contributed by atoms with Crippen LogP contribution in [0.15, 0.2) is 11.6 Å². The highest BCUT2D eigenvalue weighted by Gasteiger charge is 2.63. The summed E-state index contributed by atoms with van der Waals surface area (Å²) in [4.78, 5) is 11.9. The molecule has 0 spiro atoms. The Morgan fingerprint density at radius 1 is 1.15 bits per heavy atom. The number of fused-ring (bicyclic) bond motifs is 5. The fourth-order valence-electron chi connectivity index (χ4n) is 7.04. The molecule has 6 atom stereocenters. The van der Waals surface area contributed by atoms with Crippen molar-refractivity contribution in [3.63, 3.8) is 0 Å². The molecule has 0 aliphatic heterocycles. The molecule has 3 heteroatoms. The van der Waals surface area contributed by atoms with E-state index >= 15 is 0 Å². The Bertz CT molecular complexity index is 701. The maximum absolute atomic E-state index is 11.9. The van der Waals surface area contributed by atoms with Gasteiger partial charge in [-0.05, 0) is 74.2 Å². The van der Waals surface area contributed by atoms with Gasteiger partial charge < -0.3 is 5.11 Å².